The van der Waals surface area contributed by atoms with Crippen molar-refractivity contribution in [3.8, 4) is 0 Å². The number of unbranched alkanes of at least 4 members (excludes halogenated alkanes) is 6. The van der Waals surface area contributed by atoms with Crippen LogP contribution >= 0.6 is 11.6 Å². The Morgan fingerprint density at radius 3 is 0.887 bits per heavy atom. The number of Topliss-reactive ketones (excluding diaryl/α,β-unsaturated/α-hetero) is 3. The van der Waals surface area contributed by atoms with Gasteiger partial charge >= 0.3 is 0 Å². The maximum atomic E-state index is 13.2. The largest absolute Gasteiger partial charge is 0.394 e. The molecule has 39 heteroatoms. The molecule has 6 atom stereocenters. The van der Waals surface area contributed by atoms with Crippen molar-refractivity contribution in [3.63, 3.8) is 0 Å². The average Bonchev–Trinajstić information content (AvgIpc) is 0.850. The molecule has 133 heavy (non-hydrogen) atoms. The molecule has 12 aromatic rings. The molecule has 0 fully saturated rings. The highest BCUT2D eigenvalue weighted by molar-refractivity contribution is 6.31. The van der Waals surface area contributed by atoms with E-state index < -0.39 is 28.3 Å². The number of hydrogen-bond donors (Lipinski definition) is 15. The van der Waals surface area contributed by atoms with Gasteiger partial charge in [-0.15, -0.1) is 0 Å². The van der Waals surface area contributed by atoms with Crippen molar-refractivity contribution in [1.82, 2.24) is 89.7 Å². The van der Waals surface area contributed by atoms with E-state index in [9.17, 15) is 38.5 Å². The van der Waals surface area contributed by atoms with Crippen LogP contribution in [0.25, 0.3) is 66.2 Å². The molecule has 0 spiro atoms. The van der Waals surface area contributed by atoms with Gasteiger partial charge in [0.25, 0.3) is 0 Å². The van der Waals surface area contributed by atoms with E-state index in [4.69, 9.17) is 46.0 Å². The summed E-state index contributed by atoms with van der Waals surface area (Å²) in [6.07, 6.45) is 30.5. The number of ketones is 3. The average molecular weight is 1860 g/mol. The van der Waals surface area contributed by atoms with Crippen molar-refractivity contribution >= 4 is 166 Å². The van der Waals surface area contributed by atoms with Gasteiger partial charge in [-0.2, -0.15) is 29.9 Å². The van der Waals surface area contributed by atoms with E-state index >= 15 is 0 Å². The molecule has 0 bridgehead atoms. The zero-order valence-corrected chi connectivity index (χ0v) is 80.6. The monoisotopic (exact) mass is 1860 g/mol. The third kappa shape index (κ3) is 33.7. The minimum atomic E-state index is -0.542. The molecule has 12 aromatic heterocycles. The molecule has 0 saturated carbocycles. The van der Waals surface area contributed by atoms with Crippen molar-refractivity contribution < 1.29 is 38.5 Å². The first kappa shape index (κ1) is 108. The number of anilines is 12. The van der Waals surface area contributed by atoms with E-state index in [-0.39, 0.29) is 89.5 Å². The number of pyridine rings is 6. The summed E-state index contributed by atoms with van der Waals surface area (Å²) in [5.74, 6) is 3.72. The number of rotatable bonds is 42. The normalized spacial score (nSPS) is 13.9. The summed E-state index contributed by atoms with van der Waals surface area (Å²) in [4.78, 5) is 110. The Kier molecular flexibility index (Phi) is 41.3. The van der Waals surface area contributed by atoms with E-state index in [0.717, 1.165) is 164 Å². The first-order chi connectivity index (χ1) is 63.1. The van der Waals surface area contributed by atoms with Crippen LogP contribution in [0.4, 0.5) is 79.4 Å². The molecular formula is C94H137ClF2N30O6. The number of nitrogens with zero attached hydrogens (tertiary/aromatic N) is 18. The molecule has 12 rings (SSSR count). The lowest BCUT2D eigenvalue weighted by Crippen LogP contribution is -2.39. The second kappa shape index (κ2) is 51.0. The molecule has 0 aromatic carbocycles. The van der Waals surface area contributed by atoms with Crippen LogP contribution in [0, 0.1) is 18.6 Å². The number of fused-ring (bicyclic) bond motifs is 6. The molecule has 1 unspecified atom stereocenters. The third-order valence-electron chi connectivity index (χ3n) is 22.5. The van der Waals surface area contributed by atoms with Crippen LogP contribution in [-0.4, -0.2) is 175 Å². The number of aryl methyl sites for hydroxylation is 1. The Labute approximate surface area is 782 Å². The van der Waals surface area contributed by atoms with Gasteiger partial charge in [-0.05, 0) is 169 Å². The highest BCUT2D eigenvalue weighted by atomic mass is 35.5. The lowest BCUT2D eigenvalue weighted by molar-refractivity contribution is -0.118. The van der Waals surface area contributed by atoms with Crippen molar-refractivity contribution in [2.24, 2.45) is 0 Å². The van der Waals surface area contributed by atoms with E-state index in [2.05, 4.69) is 184 Å². The lowest BCUT2D eigenvalue weighted by Gasteiger charge is -2.31. The number of aliphatic hydroxyl groups excluding tert-OH is 3. The van der Waals surface area contributed by atoms with Gasteiger partial charge in [0.1, 0.15) is 62.1 Å². The van der Waals surface area contributed by atoms with E-state index in [1.165, 1.54) is 12.1 Å². The molecule has 21 N–H and O–H groups in total. The number of nitrogen functional groups attached to an aromatic ring is 6. The number of carbonyl (C=O) groups excluding carboxylic acids is 3. The van der Waals surface area contributed by atoms with Gasteiger partial charge in [0.15, 0.2) is 34.9 Å². The Morgan fingerprint density at radius 2 is 0.586 bits per heavy atom. The summed E-state index contributed by atoms with van der Waals surface area (Å²) in [5.41, 5.74) is 40.4. The number of carbonyl (C=O) groups is 3. The molecule has 0 saturated heterocycles. The minimum absolute atomic E-state index is 0.0191. The molecule has 36 nitrogen and oxygen atoms in total. The fraction of sp³-hybridized carbons (Fsp3) is 0.521. The van der Waals surface area contributed by atoms with Crippen LogP contribution in [-0.2, 0) is 14.4 Å². The fourth-order valence-electron chi connectivity index (χ4n) is 14.5. The molecule has 0 aliphatic carbocycles. The van der Waals surface area contributed by atoms with Crippen LogP contribution in [0.3, 0.4) is 0 Å². The highest BCUT2D eigenvalue weighted by Crippen LogP contribution is 2.36. The molecular weight excluding hydrogens is 1720 g/mol. The number of aromatic nitrogens is 18. The number of nitrogens with one attached hydrogen (secondary N) is 6. The summed E-state index contributed by atoms with van der Waals surface area (Å²) in [5, 5.41) is 49.5. The smallest absolute Gasteiger partial charge is 0.222 e. The number of aliphatic hydroxyl groups is 3. The maximum absolute atomic E-state index is 13.2. The van der Waals surface area contributed by atoms with Gasteiger partial charge in [-0.25, -0.2) is 53.6 Å². The van der Waals surface area contributed by atoms with Crippen LogP contribution < -0.4 is 66.3 Å². The Hall–Kier alpha value is -12.4. The summed E-state index contributed by atoms with van der Waals surface area (Å²) in [6, 6.07) is 13.5. The summed E-state index contributed by atoms with van der Waals surface area (Å²) in [6.45, 7) is 31.6. The van der Waals surface area contributed by atoms with Crippen molar-refractivity contribution in [1.29, 1.82) is 0 Å². The maximum Gasteiger partial charge on any atom is 0.222 e. The summed E-state index contributed by atoms with van der Waals surface area (Å²) in [7, 11) is 0. The third-order valence-corrected chi connectivity index (χ3v) is 22.7. The summed E-state index contributed by atoms with van der Waals surface area (Å²) < 4.78 is 26.5. The Balaban J connectivity index is 0.000000218. The van der Waals surface area contributed by atoms with Crippen molar-refractivity contribution in [2.75, 3.05) is 86.1 Å². The van der Waals surface area contributed by atoms with Crippen LogP contribution in [0.5, 0.6) is 0 Å². The molecule has 12 heterocycles. The van der Waals surface area contributed by atoms with Gasteiger partial charge in [-0.1, -0.05) is 130 Å². The molecule has 720 valence electrons. The highest BCUT2D eigenvalue weighted by Gasteiger charge is 2.32. The van der Waals surface area contributed by atoms with E-state index in [0.29, 0.717) is 114 Å². The Bertz CT molecular complexity index is 5700. The summed E-state index contributed by atoms with van der Waals surface area (Å²) >= 11 is 5.99. The van der Waals surface area contributed by atoms with Gasteiger partial charge < -0.3 is 96.0 Å². The van der Waals surface area contributed by atoms with Crippen molar-refractivity contribution in [3.05, 3.63) is 108 Å². The quantitative estimate of drug-likeness (QED) is 0.0169. The topological polar surface area (TPSA) is 572 Å². The predicted octanol–water partition coefficient (Wildman–Crippen LogP) is 17.1. The van der Waals surface area contributed by atoms with Crippen LogP contribution in [0.15, 0.2) is 85.7 Å². The first-order valence-corrected chi connectivity index (χ1v) is 45.9. The number of halogens is 3. The SMILES string of the molecule is CCCCC(C)(CO)Nc1nc(N)nc2cc(F)cnc12.CCCC[C@@](C)(CCC(C)=O)Nc1nc(N)nc2cc(Cl)cnc12.CCCC[C@@](C)(CO)Nc1nc(N)nc2cc(F)cnc12.CCCC[C@@](C)(CO)Nc1nc(N)nc2cccnc12.CCCC[C@](C)(CCC(C)=O)Nc1nc(N)nc2c(C)ccnc12.CCCC[C@](C)(CCC(C)=O)Nc1nc(N)nc2cccnc12. The molecule has 0 aliphatic rings. The number of hydrogen-bond acceptors (Lipinski definition) is 36. The second-order valence-electron chi connectivity index (χ2n) is 35.5. The molecule has 0 amide bonds. The second-order valence-corrected chi connectivity index (χ2v) is 36.0. The minimum Gasteiger partial charge on any atom is -0.394 e. The number of nitrogens with two attached hydrogens (primary N) is 6. The van der Waals surface area contributed by atoms with Gasteiger partial charge in [0.2, 0.25) is 35.7 Å². The van der Waals surface area contributed by atoms with Crippen molar-refractivity contribution in [2.45, 2.75) is 298 Å². The zero-order chi connectivity index (χ0) is 97.9. The fourth-order valence-corrected chi connectivity index (χ4v) is 14.6. The van der Waals surface area contributed by atoms with Crippen LogP contribution in [0.1, 0.15) is 264 Å². The van der Waals surface area contributed by atoms with E-state index in [1.807, 2.05) is 52.0 Å². The molecule has 0 aliphatic heterocycles. The predicted molar refractivity (Wildman–Crippen MR) is 530 cm³/mol. The van der Waals surface area contributed by atoms with E-state index in [1.54, 1.807) is 57.7 Å². The molecule has 0 radical (unpaired) electrons. The van der Waals surface area contributed by atoms with Gasteiger partial charge in [-0.3, -0.25) is 15.0 Å². The standard InChI is InChI=1S/C18H27N5O.C17H24ClN5O.C17H25N5O.2C14H20FN5O.C14H21N5O/c1-5-6-9-18(4,10-7-13(3)24)23-16-15-14(21-17(19)22-16)12(2)8-11-20-15;1-4-5-7-17(3,8-6-11(2)24)23-15-14-13(21-16(19)22-15)9-12(18)10-20-14;1-4-5-9-17(3,10-8-12(2)23)22-15-14-13(7-6-11-19-14)20-16(18)21-15;2*1-3-4-5-14(2,8-21)20-12-11-10(18-13(16)19-12)6-9(15)7-17-11;1-3-4-7-14(2,9-20)19-12-11-10(6-5-8-16-11)17-13(15)18-12/h8,11H,5-7,9-10H2,1-4H3,(H3,19,21,22,23);9-10H,4-8H2,1-3H3,(H3,19,21,22,23);6-7,11H,4-5,8-10H2,1-3H3,(H3,18,20,21,22);2*6-7,21H,3-5,8H2,1-2H3,(H3,16,18,19,20);5-6,8,20H,3-4,7,9H2,1-2H3,(H3,15,17,18,19)/t18-;2*17-;14-;;14-/m1010.0/s1. The first-order valence-electron chi connectivity index (χ1n) is 45.5. The lowest BCUT2D eigenvalue weighted by atomic mass is 9.89. The van der Waals surface area contributed by atoms with Gasteiger partial charge in [0, 0.05) is 72.8 Å². The van der Waals surface area contributed by atoms with Crippen LogP contribution in [0.2, 0.25) is 5.02 Å². The van der Waals surface area contributed by atoms with Gasteiger partial charge in [0.05, 0.1) is 87.0 Å². The zero-order valence-electron chi connectivity index (χ0n) is 79.9. The Morgan fingerprint density at radius 1 is 0.331 bits per heavy atom.